The molecular weight excluding hydrogens is 310 g/mol. The first-order chi connectivity index (χ1) is 10.9. The Morgan fingerprint density at radius 2 is 1.74 bits per heavy atom. The first-order valence-electron chi connectivity index (χ1n) is 7.66. The third-order valence-corrected chi connectivity index (χ3v) is 4.01. The van der Waals surface area contributed by atoms with Gasteiger partial charge in [0.05, 0.1) is 6.04 Å². The highest BCUT2D eigenvalue weighted by Gasteiger charge is 2.18. The summed E-state index contributed by atoms with van der Waals surface area (Å²) in [7, 11) is 0. The number of nitrogens with one attached hydrogen (secondary N) is 1. The molecule has 0 heterocycles. The van der Waals surface area contributed by atoms with E-state index in [-0.39, 0.29) is 11.9 Å². The molecule has 0 saturated heterocycles. The van der Waals surface area contributed by atoms with E-state index in [4.69, 9.17) is 16.3 Å². The number of carbonyl (C=O) groups excluding carboxylic acids is 1. The average Bonchev–Trinajstić information content (AvgIpc) is 2.51. The van der Waals surface area contributed by atoms with E-state index in [2.05, 4.69) is 23.5 Å². The van der Waals surface area contributed by atoms with Gasteiger partial charge in [0.2, 0.25) is 0 Å². The molecule has 2 aromatic rings. The maximum Gasteiger partial charge on any atom is 0.261 e. The van der Waals surface area contributed by atoms with Crippen LogP contribution in [-0.4, -0.2) is 12.0 Å². The topological polar surface area (TPSA) is 38.3 Å². The van der Waals surface area contributed by atoms with Crippen LogP contribution in [0.25, 0.3) is 0 Å². The predicted octanol–water partition coefficient (Wildman–Crippen LogP) is 4.60. The molecule has 2 rings (SSSR count). The fourth-order valence-electron chi connectivity index (χ4n) is 2.41. The van der Waals surface area contributed by atoms with E-state index >= 15 is 0 Å². The van der Waals surface area contributed by atoms with Crippen LogP contribution in [0.4, 0.5) is 0 Å². The molecule has 0 aliphatic heterocycles. The highest BCUT2D eigenvalue weighted by molar-refractivity contribution is 6.30. The van der Waals surface area contributed by atoms with E-state index in [1.54, 1.807) is 31.2 Å². The number of halogens is 1. The van der Waals surface area contributed by atoms with Crippen LogP contribution in [0.1, 0.15) is 36.6 Å². The Morgan fingerprint density at radius 3 is 2.39 bits per heavy atom. The zero-order valence-corrected chi connectivity index (χ0v) is 14.6. The lowest BCUT2D eigenvalue weighted by atomic mass is 10.00. The maximum absolute atomic E-state index is 12.3. The standard InChI is InChI=1S/C19H22ClNO2/c1-12-5-6-13(2)18(11-12)14(3)21-19(22)15(4)23-17-9-7-16(20)8-10-17/h5-11,14-15H,1-4H3,(H,21,22)/t14-,15-/m0/s1. The van der Waals surface area contributed by atoms with Crippen molar-refractivity contribution in [3.05, 3.63) is 64.2 Å². The van der Waals surface area contributed by atoms with E-state index < -0.39 is 6.10 Å². The van der Waals surface area contributed by atoms with Crippen LogP contribution in [0, 0.1) is 13.8 Å². The highest BCUT2D eigenvalue weighted by Crippen LogP contribution is 2.20. The van der Waals surface area contributed by atoms with Gasteiger partial charge in [-0.3, -0.25) is 4.79 Å². The van der Waals surface area contributed by atoms with Crippen molar-refractivity contribution in [1.29, 1.82) is 0 Å². The van der Waals surface area contributed by atoms with Gasteiger partial charge in [0.15, 0.2) is 6.10 Å². The van der Waals surface area contributed by atoms with Crippen LogP contribution in [0.3, 0.4) is 0 Å². The van der Waals surface area contributed by atoms with Gasteiger partial charge in [0.25, 0.3) is 5.91 Å². The van der Waals surface area contributed by atoms with Gasteiger partial charge in [-0.15, -0.1) is 0 Å². The second-order valence-corrected chi connectivity index (χ2v) is 6.24. The Morgan fingerprint density at radius 1 is 1.09 bits per heavy atom. The smallest absolute Gasteiger partial charge is 0.261 e. The zero-order chi connectivity index (χ0) is 17.0. The van der Waals surface area contributed by atoms with Gasteiger partial charge in [-0.1, -0.05) is 35.4 Å². The number of ether oxygens (including phenoxy) is 1. The molecule has 0 radical (unpaired) electrons. The van der Waals surface area contributed by atoms with Crippen molar-refractivity contribution in [2.24, 2.45) is 0 Å². The van der Waals surface area contributed by atoms with Crippen LogP contribution in [0.5, 0.6) is 5.75 Å². The predicted molar refractivity (Wildman–Crippen MR) is 94.0 cm³/mol. The fraction of sp³-hybridized carbons (Fsp3) is 0.316. The first-order valence-corrected chi connectivity index (χ1v) is 8.04. The summed E-state index contributed by atoms with van der Waals surface area (Å²) < 4.78 is 5.65. The summed E-state index contributed by atoms with van der Waals surface area (Å²) in [5, 5.41) is 3.64. The second kappa shape index (κ2) is 7.51. The largest absolute Gasteiger partial charge is 0.481 e. The summed E-state index contributed by atoms with van der Waals surface area (Å²) in [6.07, 6.45) is -0.580. The summed E-state index contributed by atoms with van der Waals surface area (Å²) in [5.41, 5.74) is 3.46. The lowest BCUT2D eigenvalue weighted by Gasteiger charge is -2.20. The minimum Gasteiger partial charge on any atom is -0.481 e. The fourth-order valence-corrected chi connectivity index (χ4v) is 2.53. The summed E-state index contributed by atoms with van der Waals surface area (Å²) in [6, 6.07) is 13.1. The molecule has 23 heavy (non-hydrogen) atoms. The van der Waals surface area contributed by atoms with Gasteiger partial charge < -0.3 is 10.1 Å². The molecule has 122 valence electrons. The van der Waals surface area contributed by atoms with E-state index in [9.17, 15) is 4.79 Å². The number of carbonyl (C=O) groups is 1. The number of hydrogen-bond acceptors (Lipinski definition) is 2. The minimum absolute atomic E-state index is 0.0707. The Labute approximate surface area is 142 Å². The molecule has 0 unspecified atom stereocenters. The molecule has 0 spiro atoms. The minimum atomic E-state index is -0.580. The average molecular weight is 332 g/mol. The SMILES string of the molecule is Cc1ccc(C)c([C@H](C)NC(=O)[C@H](C)Oc2ccc(Cl)cc2)c1. The van der Waals surface area contributed by atoms with E-state index in [1.165, 1.54) is 5.56 Å². The normalized spacial score (nSPS) is 13.3. The van der Waals surface area contributed by atoms with Crippen molar-refractivity contribution in [2.45, 2.75) is 39.8 Å². The van der Waals surface area contributed by atoms with Crippen LogP contribution in [0.2, 0.25) is 5.02 Å². The lowest BCUT2D eigenvalue weighted by molar-refractivity contribution is -0.127. The van der Waals surface area contributed by atoms with E-state index in [1.807, 2.05) is 20.8 Å². The molecule has 2 atom stereocenters. The van der Waals surface area contributed by atoms with Crippen LogP contribution >= 0.6 is 11.6 Å². The third kappa shape index (κ3) is 4.73. The molecule has 2 aromatic carbocycles. The Hall–Kier alpha value is -2.00. The Bertz CT molecular complexity index is 682. The van der Waals surface area contributed by atoms with Gasteiger partial charge in [0, 0.05) is 5.02 Å². The van der Waals surface area contributed by atoms with Crippen molar-refractivity contribution in [3.63, 3.8) is 0 Å². The van der Waals surface area contributed by atoms with Crippen LogP contribution in [0.15, 0.2) is 42.5 Å². The van der Waals surface area contributed by atoms with Gasteiger partial charge >= 0.3 is 0 Å². The van der Waals surface area contributed by atoms with Gasteiger partial charge in [-0.25, -0.2) is 0 Å². The number of amides is 1. The number of rotatable bonds is 5. The monoisotopic (exact) mass is 331 g/mol. The quantitative estimate of drug-likeness (QED) is 0.869. The maximum atomic E-state index is 12.3. The Balaban J connectivity index is 2.00. The van der Waals surface area contributed by atoms with E-state index in [0.717, 1.165) is 11.1 Å². The molecule has 0 fully saturated rings. The summed E-state index contributed by atoms with van der Waals surface area (Å²) in [5.74, 6) is 0.477. The molecule has 0 aromatic heterocycles. The van der Waals surface area contributed by atoms with Crippen LogP contribution in [-0.2, 0) is 4.79 Å². The summed E-state index contributed by atoms with van der Waals surface area (Å²) in [6.45, 7) is 7.81. The number of aryl methyl sites for hydroxylation is 2. The summed E-state index contributed by atoms with van der Waals surface area (Å²) >= 11 is 5.84. The summed E-state index contributed by atoms with van der Waals surface area (Å²) in [4.78, 5) is 12.3. The van der Waals surface area contributed by atoms with Crippen molar-refractivity contribution in [2.75, 3.05) is 0 Å². The number of hydrogen-bond donors (Lipinski definition) is 1. The molecule has 3 nitrogen and oxygen atoms in total. The molecule has 4 heteroatoms. The van der Waals surface area contributed by atoms with Crippen molar-refractivity contribution >= 4 is 17.5 Å². The first kappa shape index (κ1) is 17.4. The van der Waals surface area contributed by atoms with Crippen molar-refractivity contribution in [1.82, 2.24) is 5.32 Å². The third-order valence-electron chi connectivity index (χ3n) is 3.76. The molecule has 0 aliphatic carbocycles. The zero-order valence-electron chi connectivity index (χ0n) is 13.9. The second-order valence-electron chi connectivity index (χ2n) is 5.80. The van der Waals surface area contributed by atoms with E-state index in [0.29, 0.717) is 10.8 Å². The van der Waals surface area contributed by atoms with Crippen molar-refractivity contribution in [3.8, 4) is 5.75 Å². The van der Waals surface area contributed by atoms with Gasteiger partial charge in [-0.05, 0) is 63.1 Å². The lowest BCUT2D eigenvalue weighted by Crippen LogP contribution is -2.38. The Kier molecular flexibility index (Phi) is 5.67. The van der Waals surface area contributed by atoms with Crippen LogP contribution < -0.4 is 10.1 Å². The molecule has 0 bridgehead atoms. The molecular formula is C19H22ClNO2. The molecule has 1 amide bonds. The molecule has 0 saturated carbocycles. The van der Waals surface area contributed by atoms with Gasteiger partial charge in [0.1, 0.15) is 5.75 Å². The molecule has 0 aliphatic rings. The molecule has 1 N–H and O–H groups in total. The van der Waals surface area contributed by atoms with Gasteiger partial charge in [-0.2, -0.15) is 0 Å². The van der Waals surface area contributed by atoms with Crippen molar-refractivity contribution < 1.29 is 9.53 Å². The number of benzene rings is 2. The highest BCUT2D eigenvalue weighted by atomic mass is 35.5.